The van der Waals surface area contributed by atoms with E-state index in [0.29, 0.717) is 12.0 Å². The van der Waals surface area contributed by atoms with Crippen LogP contribution in [0.15, 0.2) is 36.4 Å². The van der Waals surface area contributed by atoms with Gasteiger partial charge in [0.15, 0.2) is 5.78 Å². The van der Waals surface area contributed by atoms with Gasteiger partial charge in [-0.3, -0.25) is 4.79 Å². The molecule has 1 aliphatic carbocycles. The van der Waals surface area contributed by atoms with E-state index in [0.717, 1.165) is 35.6 Å². The van der Waals surface area contributed by atoms with Crippen molar-refractivity contribution in [2.24, 2.45) is 0 Å². The van der Waals surface area contributed by atoms with E-state index in [1.54, 1.807) is 12.1 Å². The van der Waals surface area contributed by atoms with Gasteiger partial charge in [0, 0.05) is 29.2 Å². The van der Waals surface area contributed by atoms with E-state index in [4.69, 9.17) is 0 Å². The SMILES string of the molecule is O=C1CCCc2cc(C#Cc3cc(F)cc(F)c3)ccc21. The molecule has 21 heavy (non-hydrogen) atoms. The number of hydrogen-bond acceptors (Lipinski definition) is 1. The molecule has 0 aliphatic heterocycles. The fourth-order valence-electron chi connectivity index (χ4n) is 2.49. The van der Waals surface area contributed by atoms with E-state index in [9.17, 15) is 13.6 Å². The van der Waals surface area contributed by atoms with Crippen LogP contribution in [-0.2, 0) is 6.42 Å². The monoisotopic (exact) mass is 282 g/mol. The van der Waals surface area contributed by atoms with Gasteiger partial charge >= 0.3 is 0 Å². The Kier molecular flexibility index (Phi) is 3.53. The number of carbonyl (C=O) groups excluding carboxylic acids is 1. The lowest BCUT2D eigenvalue weighted by atomic mass is 9.89. The third-order valence-electron chi connectivity index (χ3n) is 3.47. The van der Waals surface area contributed by atoms with Crippen molar-refractivity contribution in [2.45, 2.75) is 19.3 Å². The third kappa shape index (κ3) is 3.00. The maximum atomic E-state index is 13.1. The molecule has 1 nitrogen and oxygen atoms in total. The molecule has 0 atom stereocenters. The number of hydrogen-bond donors (Lipinski definition) is 0. The highest BCUT2D eigenvalue weighted by molar-refractivity contribution is 5.98. The van der Waals surface area contributed by atoms with E-state index < -0.39 is 11.6 Å². The Morgan fingerprint density at radius 1 is 0.857 bits per heavy atom. The van der Waals surface area contributed by atoms with Crippen LogP contribution in [0.2, 0.25) is 0 Å². The molecule has 0 saturated carbocycles. The zero-order valence-electron chi connectivity index (χ0n) is 11.2. The van der Waals surface area contributed by atoms with E-state index >= 15 is 0 Å². The molecule has 0 aromatic heterocycles. The van der Waals surface area contributed by atoms with Gasteiger partial charge in [-0.1, -0.05) is 11.8 Å². The first-order valence-corrected chi connectivity index (χ1v) is 6.76. The molecule has 0 amide bonds. The summed E-state index contributed by atoms with van der Waals surface area (Å²) in [7, 11) is 0. The summed E-state index contributed by atoms with van der Waals surface area (Å²) < 4.78 is 26.2. The molecule has 104 valence electrons. The standard InChI is InChI=1S/C18H12F2O/c19-15-9-13(10-16(20)11-15)5-4-12-6-7-17-14(8-12)2-1-3-18(17)21/h6-11H,1-3H2. The number of carbonyl (C=O) groups is 1. The van der Waals surface area contributed by atoms with Gasteiger partial charge in [0.05, 0.1) is 0 Å². The van der Waals surface area contributed by atoms with E-state index in [2.05, 4.69) is 11.8 Å². The number of benzene rings is 2. The number of halogens is 2. The van der Waals surface area contributed by atoms with Gasteiger partial charge in [-0.25, -0.2) is 8.78 Å². The number of aryl methyl sites for hydroxylation is 1. The normalized spacial score (nSPS) is 13.3. The van der Waals surface area contributed by atoms with Gasteiger partial charge in [-0.15, -0.1) is 0 Å². The van der Waals surface area contributed by atoms with Crippen LogP contribution < -0.4 is 0 Å². The molecule has 3 rings (SSSR count). The molecule has 0 bridgehead atoms. The van der Waals surface area contributed by atoms with E-state index in [1.165, 1.54) is 12.1 Å². The minimum atomic E-state index is -0.643. The van der Waals surface area contributed by atoms with E-state index in [-0.39, 0.29) is 5.78 Å². The Morgan fingerprint density at radius 2 is 1.57 bits per heavy atom. The summed E-state index contributed by atoms with van der Waals surface area (Å²) in [4.78, 5) is 11.7. The highest BCUT2D eigenvalue weighted by Gasteiger charge is 2.16. The molecule has 3 heteroatoms. The summed E-state index contributed by atoms with van der Waals surface area (Å²) in [6.07, 6.45) is 2.32. The van der Waals surface area contributed by atoms with Crippen LogP contribution in [0.1, 0.15) is 39.9 Å². The number of Topliss-reactive ketones (excluding diaryl/α,β-unsaturated/α-hetero) is 1. The molecule has 0 unspecified atom stereocenters. The van der Waals surface area contributed by atoms with Crippen LogP contribution >= 0.6 is 0 Å². The fraction of sp³-hybridized carbons (Fsp3) is 0.167. The van der Waals surface area contributed by atoms with Gasteiger partial charge in [-0.05, 0) is 48.7 Å². The summed E-state index contributed by atoms with van der Waals surface area (Å²) in [6, 6.07) is 8.64. The summed E-state index contributed by atoms with van der Waals surface area (Å²) in [5.41, 5.74) is 2.81. The summed E-state index contributed by atoms with van der Waals surface area (Å²) in [6.45, 7) is 0. The van der Waals surface area contributed by atoms with Crippen LogP contribution in [-0.4, -0.2) is 5.78 Å². The van der Waals surface area contributed by atoms with Crippen molar-refractivity contribution in [3.63, 3.8) is 0 Å². The van der Waals surface area contributed by atoms with Crippen LogP contribution in [0.3, 0.4) is 0 Å². The maximum Gasteiger partial charge on any atom is 0.163 e. The highest BCUT2D eigenvalue weighted by Crippen LogP contribution is 2.22. The zero-order valence-corrected chi connectivity index (χ0v) is 11.2. The highest BCUT2D eigenvalue weighted by atomic mass is 19.1. The minimum Gasteiger partial charge on any atom is -0.294 e. The van der Waals surface area contributed by atoms with Crippen molar-refractivity contribution in [1.29, 1.82) is 0 Å². The number of ketones is 1. The predicted octanol–water partition coefficient (Wildman–Crippen LogP) is 3.88. The Morgan fingerprint density at radius 3 is 2.33 bits per heavy atom. The van der Waals surface area contributed by atoms with Gasteiger partial charge in [-0.2, -0.15) is 0 Å². The molecule has 0 N–H and O–H groups in total. The van der Waals surface area contributed by atoms with Crippen molar-refractivity contribution < 1.29 is 13.6 Å². The number of rotatable bonds is 0. The van der Waals surface area contributed by atoms with Crippen LogP contribution in [0.4, 0.5) is 8.78 Å². The summed E-state index contributed by atoms with van der Waals surface area (Å²) >= 11 is 0. The molecule has 2 aromatic carbocycles. The van der Waals surface area contributed by atoms with Gasteiger partial charge in [0.2, 0.25) is 0 Å². The molecule has 1 aliphatic rings. The smallest absolute Gasteiger partial charge is 0.163 e. The second kappa shape index (κ2) is 5.49. The second-order valence-electron chi connectivity index (χ2n) is 5.06. The Hall–Kier alpha value is -2.47. The maximum absolute atomic E-state index is 13.1. The van der Waals surface area contributed by atoms with Crippen molar-refractivity contribution in [2.75, 3.05) is 0 Å². The Labute approximate surface area is 121 Å². The molecule has 0 spiro atoms. The first kappa shape index (κ1) is 13.5. The molecular formula is C18H12F2O. The molecule has 0 fully saturated rings. The third-order valence-corrected chi connectivity index (χ3v) is 3.47. The number of fused-ring (bicyclic) bond motifs is 1. The molecule has 2 aromatic rings. The molecule has 0 heterocycles. The molecule has 0 radical (unpaired) electrons. The summed E-state index contributed by atoms with van der Waals surface area (Å²) in [5, 5.41) is 0. The quantitative estimate of drug-likeness (QED) is 0.670. The lowest BCUT2D eigenvalue weighted by Crippen LogP contribution is -2.10. The van der Waals surface area contributed by atoms with Gasteiger partial charge in [0.25, 0.3) is 0 Å². The fourth-order valence-corrected chi connectivity index (χ4v) is 2.49. The Balaban J connectivity index is 1.92. The average Bonchev–Trinajstić information content (AvgIpc) is 2.44. The first-order valence-electron chi connectivity index (χ1n) is 6.76. The molecular weight excluding hydrogens is 270 g/mol. The minimum absolute atomic E-state index is 0.169. The molecule has 0 saturated heterocycles. The topological polar surface area (TPSA) is 17.1 Å². The lowest BCUT2D eigenvalue weighted by Gasteiger charge is -2.14. The average molecular weight is 282 g/mol. The predicted molar refractivity (Wildman–Crippen MR) is 76.0 cm³/mol. The lowest BCUT2D eigenvalue weighted by molar-refractivity contribution is 0.0972. The zero-order chi connectivity index (χ0) is 14.8. The van der Waals surface area contributed by atoms with Gasteiger partial charge < -0.3 is 0 Å². The summed E-state index contributed by atoms with van der Waals surface area (Å²) in [5.74, 6) is 4.51. The van der Waals surface area contributed by atoms with Crippen molar-refractivity contribution in [3.05, 3.63) is 70.3 Å². The largest absolute Gasteiger partial charge is 0.294 e. The van der Waals surface area contributed by atoms with Crippen LogP contribution in [0.25, 0.3) is 0 Å². The van der Waals surface area contributed by atoms with Crippen molar-refractivity contribution >= 4 is 5.78 Å². The van der Waals surface area contributed by atoms with Crippen molar-refractivity contribution in [1.82, 2.24) is 0 Å². The van der Waals surface area contributed by atoms with E-state index in [1.807, 2.05) is 6.07 Å². The first-order chi connectivity index (χ1) is 10.1. The van der Waals surface area contributed by atoms with Crippen molar-refractivity contribution in [3.8, 4) is 11.8 Å². The van der Waals surface area contributed by atoms with Crippen LogP contribution in [0.5, 0.6) is 0 Å². The second-order valence-corrected chi connectivity index (χ2v) is 5.06. The van der Waals surface area contributed by atoms with Gasteiger partial charge in [0.1, 0.15) is 11.6 Å². The van der Waals surface area contributed by atoms with Crippen LogP contribution in [0, 0.1) is 23.5 Å². The Bertz CT molecular complexity index is 761.